The van der Waals surface area contributed by atoms with Crippen LogP contribution in [0.4, 0.5) is 0 Å². The standard InChI is InChI=1S/C10H10N2O4/c1-6-3-4-14-9(6)10(13)15-5-8-11-7(2)12-16-8/h3-4H,5H2,1-2H3. The number of esters is 1. The summed E-state index contributed by atoms with van der Waals surface area (Å²) < 4.78 is 14.7. The molecule has 6 heteroatoms. The highest BCUT2D eigenvalue weighted by Crippen LogP contribution is 2.11. The van der Waals surface area contributed by atoms with E-state index in [0.717, 1.165) is 5.56 Å². The van der Waals surface area contributed by atoms with E-state index in [0.29, 0.717) is 5.82 Å². The molecule has 0 fully saturated rings. The molecule has 2 heterocycles. The predicted molar refractivity (Wildman–Crippen MR) is 51.6 cm³/mol. The molecular formula is C10H10N2O4. The Kier molecular flexibility index (Phi) is 2.72. The Balaban J connectivity index is 1.96. The monoisotopic (exact) mass is 222 g/mol. The molecule has 0 amide bonds. The molecule has 0 saturated heterocycles. The van der Waals surface area contributed by atoms with Gasteiger partial charge in [-0.25, -0.2) is 4.79 Å². The predicted octanol–water partition coefficient (Wildman–Crippen LogP) is 1.64. The van der Waals surface area contributed by atoms with Crippen molar-refractivity contribution < 1.29 is 18.5 Å². The van der Waals surface area contributed by atoms with Crippen LogP contribution in [-0.4, -0.2) is 16.1 Å². The van der Waals surface area contributed by atoms with Crippen molar-refractivity contribution >= 4 is 5.97 Å². The summed E-state index contributed by atoms with van der Waals surface area (Å²) in [5, 5.41) is 3.57. The molecule has 0 radical (unpaired) electrons. The van der Waals surface area contributed by atoms with Gasteiger partial charge in [-0.2, -0.15) is 4.98 Å². The average molecular weight is 222 g/mol. The first-order valence-corrected chi connectivity index (χ1v) is 4.67. The van der Waals surface area contributed by atoms with Crippen LogP contribution in [0.2, 0.25) is 0 Å². The van der Waals surface area contributed by atoms with Gasteiger partial charge in [0, 0.05) is 5.56 Å². The average Bonchev–Trinajstić information content (AvgIpc) is 2.84. The maximum Gasteiger partial charge on any atom is 0.375 e. The van der Waals surface area contributed by atoms with Crippen LogP contribution in [0.15, 0.2) is 21.3 Å². The fourth-order valence-electron chi connectivity index (χ4n) is 1.17. The highest BCUT2D eigenvalue weighted by Gasteiger charge is 2.15. The third-order valence-electron chi connectivity index (χ3n) is 1.94. The van der Waals surface area contributed by atoms with Crippen molar-refractivity contribution in [3.8, 4) is 0 Å². The Hall–Kier alpha value is -2.11. The number of hydrogen-bond acceptors (Lipinski definition) is 6. The molecule has 0 aromatic carbocycles. The van der Waals surface area contributed by atoms with E-state index < -0.39 is 5.97 Å². The molecule has 0 saturated carbocycles. The lowest BCUT2D eigenvalue weighted by Crippen LogP contribution is -2.05. The summed E-state index contributed by atoms with van der Waals surface area (Å²) in [6, 6.07) is 1.69. The van der Waals surface area contributed by atoms with Gasteiger partial charge < -0.3 is 13.7 Å². The number of aromatic nitrogens is 2. The molecule has 0 aliphatic heterocycles. The normalized spacial score (nSPS) is 10.4. The molecule has 84 valence electrons. The second-order valence-corrected chi connectivity index (χ2v) is 3.24. The zero-order valence-corrected chi connectivity index (χ0v) is 8.89. The molecule has 0 spiro atoms. The van der Waals surface area contributed by atoms with Crippen LogP contribution in [0, 0.1) is 13.8 Å². The highest BCUT2D eigenvalue weighted by molar-refractivity contribution is 5.87. The fraction of sp³-hybridized carbons (Fsp3) is 0.300. The summed E-state index contributed by atoms with van der Waals surface area (Å²) in [6.45, 7) is 3.39. The second kappa shape index (κ2) is 4.18. The van der Waals surface area contributed by atoms with Gasteiger partial charge in [-0.05, 0) is 19.9 Å². The number of carbonyl (C=O) groups is 1. The van der Waals surface area contributed by atoms with Gasteiger partial charge in [-0.3, -0.25) is 0 Å². The zero-order chi connectivity index (χ0) is 11.5. The van der Waals surface area contributed by atoms with Crippen LogP contribution in [0.25, 0.3) is 0 Å². The van der Waals surface area contributed by atoms with E-state index >= 15 is 0 Å². The zero-order valence-electron chi connectivity index (χ0n) is 8.89. The first-order valence-electron chi connectivity index (χ1n) is 4.67. The van der Waals surface area contributed by atoms with Crippen molar-refractivity contribution in [1.82, 2.24) is 10.1 Å². The van der Waals surface area contributed by atoms with Crippen LogP contribution in [-0.2, 0) is 11.3 Å². The largest absolute Gasteiger partial charge is 0.457 e. The van der Waals surface area contributed by atoms with Crippen molar-refractivity contribution in [2.45, 2.75) is 20.5 Å². The molecule has 2 aromatic rings. The summed E-state index contributed by atoms with van der Waals surface area (Å²) in [4.78, 5) is 15.4. The Labute approximate surface area is 91.2 Å². The molecular weight excluding hydrogens is 212 g/mol. The summed E-state index contributed by atoms with van der Waals surface area (Å²) >= 11 is 0. The van der Waals surface area contributed by atoms with Gasteiger partial charge in [0.1, 0.15) is 0 Å². The molecule has 0 N–H and O–H groups in total. The van der Waals surface area contributed by atoms with E-state index in [9.17, 15) is 4.79 Å². The SMILES string of the molecule is Cc1noc(COC(=O)c2occc2C)n1. The summed E-state index contributed by atoms with van der Waals surface area (Å²) in [5.41, 5.74) is 0.728. The molecule has 16 heavy (non-hydrogen) atoms. The molecule has 0 bridgehead atoms. The lowest BCUT2D eigenvalue weighted by atomic mass is 10.3. The van der Waals surface area contributed by atoms with Crippen molar-refractivity contribution in [3.05, 3.63) is 35.4 Å². The van der Waals surface area contributed by atoms with Crippen molar-refractivity contribution in [1.29, 1.82) is 0 Å². The number of rotatable bonds is 3. The van der Waals surface area contributed by atoms with Gasteiger partial charge in [0.25, 0.3) is 5.89 Å². The van der Waals surface area contributed by atoms with Gasteiger partial charge in [-0.15, -0.1) is 0 Å². The minimum atomic E-state index is -0.543. The van der Waals surface area contributed by atoms with Crippen molar-refractivity contribution in [2.75, 3.05) is 0 Å². The number of carbonyl (C=O) groups excluding carboxylic acids is 1. The maximum atomic E-state index is 11.5. The Bertz CT molecular complexity index is 500. The van der Waals surface area contributed by atoms with E-state index in [1.165, 1.54) is 6.26 Å². The van der Waals surface area contributed by atoms with Gasteiger partial charge in [0.05, 0.1) is 6.26 Å². The first-order chi connectivity index (χ1) is 7.66. The Morgan fingerprint density at radius 3 is 2.88 bits per heavy atom. The molecule has 0 atom stereocenters. The Morgan fingerprint density at radius 2 is 2.31 bits per heavy atom. The minimum absolute atomic E-state index is 0.0557. The maximum absolute atomic E-state index is 11.5. The number of hydrogen-bond donors (Lipinski definition) is 0. The molecule has 0 aliphatic rings. The smallest absolute Gasteiger partial charge is 0.375 e. The molecule has 0 unspecified atom stereocenters. The summed E-state index contributed by atoms with van der Waals surface area (Å²) in [5.74, 6) is 0.407. The Morgan fingerprint density at radius 1 is 1.50 bits per heavy atom. The van der Waals surface area contributed by atoms with Gasteiger partial charge in [-0.1, -0.05) is 5.16 Å². The fourth-order valence-corrected chi connectivity index (χ4v) is 1.17. The molecule has 0 aliphatic carbocycles. The first kappa shape index (κ1) is 10.4. The number of furan rings is 1. The second-order valence-electron chi connectivity index (χ2n) is 3.24. The van der Waals surface area contributed by atoms with E-state index in [-0.39, 0.29) is 18.3 Å². The third kappa shape index (κ3) is 2.10. The van der Waals surface area contributed by atoms with E-state index in [2.05, 4.69) is 10.1 Å². The number of ether oxygens (including phenoxy) is 1. The van der Waals surface area contributed by atoms with Gasteiger partial charge >= 0.3 is 5.97 Å². The van der Waals surface area contributed by atoms with Crippen LogP contribution in [0.3, 0.4) is 0 Å². The lowest BCUT2D eigenvalue weighted by molar-refractivity contribution is 0.0392. The number of nitrogens with zero attached hydrogens (tertiary/aromatic N) is 2. The molecule has 2 aromatic heterocycles. The van der Waals surface area contributed by atoms with E-state index in [1.807, 2.05) is 0 Å². The summed E-state index contributed by atoms with van der Waals surface area (Å²) in [7, 11) is 0. The topological polar surface area (TPSA) is 78.4 Å². The molecule has 6 nitrogen and oxygen atoms in total. The van der Waals surface area contributed by atoms with E-state index in [4.69, 9.17) is 13.7 Å². The van der Waals surface area contributed by atoms with Crippen LogP contribution in [0.5, 0.6) is 0 Å². The van der Waals surface area contributed by atoms with E-state index in [1.54, 1.807) is 19.9 Å². The van der Waals surface area contributed by atoms with Crippen molar-refractivity contribution in [3.63, 3.8) is 0 Å². The number of aryl methyl sites for hydroxylation is 2. The highest BCUT2D eigenvalue weighted by atomic mass is 16.6. The van der Waals surface area contributed by atoms with Gasteiger partial charge in [0.15, 0.2) is 12.4 Å². The quantitative estimate of drug-likeness (QED) is 0.734. The van der Waals surface area contributed by atoms with Crippen LogP contribution in [0.1, 0.15) is 27.8 Å². The van der Waals surface area contributed by atoms with Gasteiger partial charge in [0.2, 0.25) is 5.76 Å². The van der Waals surface area contributed by atoms with Crippen LogP contribution >= 0.6 is 0 Å². The third-order valence-corrected chi connectivity index (χ3v) is 1.94. The lowest BCUT2D eigenvalue weighted by Gasteiger charge is -1.99. The van der Waals surface area contributed by atoms with Crippen LogP contribution < -0.4 is 0 Å². The minimum Gasteiger partial charge on any atom is -0.457 e. The van der Waals surface area contributed by atoms with Crippen molar-refractivity contribution in [2.24, 2.45) is 0 Å². The molecule has 2 rings (SSSR count). The summed E-state index contributed by atoms with van der Waals surface area (Å²) in [6.07, 6.45) is 1.43.